The molecule has 0 saturated carbocycles. The third-order valence-electron chi connectivity index (χ3n) is 2.42. The lowest BCUT2D eigenvalue weighted by atomic mass is 10.1. The molecule has 1 aromatic carbocycles. The number of carbonyl (C=O) groups excluding carboxylic acids is 1. The summed E-state index contributed by atoms with van der Waals surface area (Å²) < 4.78 is 19.0. The molecule has 0 amide bonds. The van der Waals surface area contributed by atoms with Gasteiger partial charge in [0.25, 0.3) is 0 Å². The Balaban J connectivity index is 2.33. The van der Waals surface area contributed by atoms with Crippen LogP contribution in [0, 0.1) is 5.82 Å². The standard InChI is InChI=1S/C13H10BrFO2/c1-2-9-4-6-12(17-9)13(16)8-3-5-10(14)11(15)7-8/h3-7H,2H2,1H3. The number of aryl methyl sites for hydroxylation is 1. The quantitative estimate of drug-likeness (QED) is 0.802. The zero-order valence-corrected chi connectivity index (χ0v) is 10.8. The zero-order chi connectivity index (χ0) is 12.4. The molecule has 0 aliphatic rings. The minimum Gasteiger partial charge on any atom is -0.458 e. The van der Waals surface area contributed by atoms with Crippen LogP contribution in [-0.4, -0.2) is 5.78 Å². The first-order chi connectivity index (χ1) is 8.11. The van der Waals surface area contributed by atoms with E-state index in [1.165, 1.54) is 12.1 Å². The van der Waals surface area contributed by atoms with Crippen molar-refractivity contribution >= 4 is 21.7 Å². The van der Waals surface area contributed by atoms with Gasteiger partial charge in [-0.1, -0.05) is 6.92 Å². The summed E-state index contributed by atoms with van der Waals surface area (Å²) in [6.07, 6.45) is 0.724. The van der Waals surface area contributed by atoms with E-state index in [2.05, 4.69) is 15.9 Å². The van der Waals surface area contributed by atoms with E-state index in [1.54, 1.807) is 18.2 Å². The predicted molar refractivity (Wildman–Crippen MR) is 65.6 cm³/mol. The fraction of sp³-hybridized carbons (Fsp3) is 0.154. The Morgan fingerprint density at radius 2 is 2.12 bits per heavy atom. The monoisotopic (exact) mass is 296 g/mol. The molecule has 0 N–H and O–H groups in total. The van der Waals surface area contributed by atoms with Gasteiger partial charge in [-0.05, 0) is 46.3 Å². The van der Waals surface area contributed by atoms with E-state index < -0.39 is 5.82 Å². The summed E-state index contributed by atoms with van der Waals surface area (Å²) in [6.45, 7) is 1.94. The third kappa shape index (κ3) is 2.47. The van der Waals surface area contributed by atoms with E-state index in [4.69, 9.17) is 4.42 Å². The van der Waals surface area contributed by atoms with Crippen molar-refractivity contribution in [3.05, 3.63) is 57.7 Å². The van der Waals surface area contributed by atoms with E-state index in [0.717, 1.165) is 12.2 Å². The van der Waals surface area contributed by atoms with Gasteiger partial charge < -0.3 is 4.42 Å². The first-order valence-corrected chi connectivity index (χ1v) is 5.99. The van der Waals surface area contributed by atoms with Gasteiger partial charge in [0.05, 0.1) is 4.47 Å². The first-order valence-electron chi connectivity index (χ1n) is 5.20. The van der Waals surface area contributed by atoms with Gasteiger partial charge in [0, 0.05) is 12.0 Å². The largest absolute Gasteiger partial charge is 0.458 e. The van der Waals surface area contributed by atoms with E-state index in [9.17, 15) is 9.18 Å². The molecule has 2 aromatic rings. The van der Waals surface area contributed by atoms with Crippen LogP contribution >= 0.6 is 15.9 Å². The predicted octanol–water partition coefficient (Wildman–Crippen LogP) is 3.97. The van der Waals surface area contributed by atoms with Crippen LogP contribution in [0.3, 0.4) is 0 Å². The lowest BCUT2D eigenvalue weighted by Gasteiger charge is -1.99. The van der Waals surface area contributed by atoms with Crippen molar-refractivity contribution in [1.82, 2.24) is 0 Å². The summed E-state index contributed by atoms with van der Waals surface area (Å²) in [5, 5.41) is 0. The summed E-state index contributed by atoms with van der Waals surface area (Å²) >= 11 is 3.04. The molecule has 0 aliphatic heterocycles. The van der Waals surface area contributed by atoms with Gasteiger partial charge in [-0.2, -0.15) is 0 Å². The normalized spacial score (nSPS) is 10.5. The van der Waals surface area contributed by atoms with E-state index in [1.807, 2.05) is 6.92 Å². The minimum absolute atomic E-state index is 0.239. The van der Waals surface area contributed by atoms with Crippen LogP contribution in [-0.2, 0) is 6.42 Å². The maximum atomic E-state index is 13.3. The topological polar surface area (TPSA) is 30.2 Å². The maximum absolute atomic E-state index is 13.3. The Morgan fingerprint density at radius 1 is 1.35 bits per heavy atom. The highest BCUT2D eigenvalue weighted by atomic mass is 79.9. The van der Waals surface area contributed by atoms with Crippen molar-refractivity contribution < 1.29 is 13.6 Å². The van der Waals surface area contributed by atoms with Crippen molar-refractivity contribution in [2.45, 2.75) is 13.3 Å². The first kappa shape index (κ1) is 12.0. The number of rotatable bonds is 3. The molecule has 0 aliphatic carbocycles. The lowest BCUT2D eigenvalue weighted by Crippen LogP contribution is -2.00. The van der Waals surface area contributed by atoms with Crippen molar-refractivity contribution in [2.75, 3.05) is 0 Å². The summed E-state index contributed by atoms with van der Waals surface area (Å²) in [7, 11) is 0. The minimum atomic E-state index is -0.460. The van der Waals surface area contributed by atoms with Gasteiger partial charge in [-0.3, -0.25) is 4.79 Å². The van der Waals surface area contributed by atoms with Gasteiger partial charge in [0.1, 0.15) is 11.6 Å². The van der Waals surface area contributed by atoms with Crippen LogP contribution in [0.15, 0.2) is 39.2 Å². The Kier molecular flexibility index (Phi) is 3.43. The third-order valence-corrected chi connectivity index (χ3v) is 3.06. The number of benzene rings is 1. The molecule has 4 heteroatoms. The lowest BCUT2D eigenvalue weighted by molar-refractivity contribution is 0.101. The van der Waals surface area contributed by atoms with Crippen LogP contribution < -0.4 is 0 Å². The smallest absolute Gasteiger partial charge is 0.228 e. The second-order valence-corrected chi connectivity index (χ2v) is 4.43. The van der Waals surface area contributed by atoms with Crippen LogP contribution in [0.1, 0.15) is 28.8 Å². The summed E-state index contributed by atoms with van der Waals surface area (Å²) in [6, 6.07) is 7.62. The number of ketones is 1. The van der Waals surface area contributed by atoms with Crippen LogP contribution in [0.5, 0.6) is 0 Å². The molecule has 0 bridgehead atoms. The van der Waals surface area contributed by atoms with Crippen LogP contribution in [0.4, 0.5) is 4.39 Å². The Morgan fingerprint density at radius 3 is 2.71 bits per heavy atom. The molecular formula is C13H10BrFO2. The number of halogens is 2. The summed E-state index contributed by atoms with van der Waals surface area (Å²) in [4.78, 5) is 12.0. The van der Waals surface area contributed by atoms with Gasteiger partial charge in [0.15, 0.2) is 5.76 Å². The number of furan rings is 1. The molecule has 0 spiro atoms. The summed E-state index contributed by atoms with van der Waals surface area (Å²) in [5.41, 5.74) is 0.280. The Bertz CT molecular complexity index is 560. The summed E-state index contributed by atoms with van der Waals surface area (Å²) in [5.74, 6) is 0.212. The molecule has 0 radical (unpaired) electrons. The molecule has 17 heavy (non-hydrogen) atoms. The average molecular weight is 297 g/mol. The highest BCUT2D eigenvalue weighted by Gasteiger charge is 2.14. The molecule has 2 rings (SSSR count). The van der Waals surface area contributed by atoms with E-state index in [0.29, 0.717) is 4.47 Å². The Hall–Kier alpha value is -1.42. The molecule has 0 fully saturated rings. The molecule has 1 aromatic heterocycles. The fourth-order valence-corrected chi connectivity index (χ4v) is 1.72. The van der Waals surface area contributed by atoms with Crippen LogP contribution in [0.2, 0.25) is 0 Å². The molecule has 1 heterocycles. The van der Waals surface area contributed by atoms with Crippen molar-refractivity contribution in [3.63, 3.8) is 0 Å². The molecular weight excluding hydrogens is 287 g/mol. The Labute approximate surface area is 107 Å². The van der Waals surface area contributed by atoms with Crippen molar-refractivity contribution in [1.29, 1.82) is 0 Å². The molecule has 0 unspecified atom stereocenters. The average Bonchev–Trinajstić information content (AvgIpc) is 2.80. The van der Waals surface area contributed by atoms with Gasteiger partial charge in [-0.25, -0.2) is 4.39 Å². The second-order valence-electron chi connectivity index (χ2n) is 3.58. The number of carbonyl (C=O) groups is 1. The van der Waals surface area contributed by atoms with Crippen molar-refractivity contribution in [3.8, 4) is 0 Å². The molecule has 88 valence electrons. The maximum Gasteiger partial charge on any atom is 0.228 e. The highest BCUT2D eigenvalue weighted by molar-refractivity contribution is 9.10. The van der Waals surface area contributed by atoms with Gasteiger partial charge in [0.2, 0.25) is 5.78 Å². The second kappa shape index (κ2) is 4.84. The number of hydrogen-bond donors (Lipinski definition) is 0. The van der Waals surface area contributed by atoms with Gasteiger partial charge in [-0.15, -0.1) is 0 Å². The van der Waals surface area contributed by atoms with Crippen LogP contribution in [0.25, 0.3) is 0 Å². The van der Waals surface area contributed by atoms with E-state index >= 15 is 0 Å². The highest BCUT2D eigenvalue weighted by Crippen LogP contribution is 2.19. The fourth-order valence-electron chi connectivity index (χ4n) is 1.47. The molecule has 0 atom stereocenters. The van der Waals surface area contributed by atoms with Gasteiger partial charge >= 0.3 is 0 Å². The van der Waals surface area contributed by atoms with Crippen molar-refractivity contribution in [2.24, 2.45) is 0 Å². The molecule has 0 saturated heterocycles. The molecule has 2 nitrogen and oxygen atoms in total. The SMILES string of the molecule is CCc1ccc(C(=O)c2ccc(Br)c(F)c2)o1. The number of hydrogen-bond acceptors (Lipinski definition) is 2. The zero-order valence-electron chi connectivity index (χ0n) is 9.17. The van der Waals surface area contributed by atoms with E-state index in [-0.39, 0.29) is 17.1 Å².